The average Bonchev–Trinajstić information content (AvgIpc) is 2.04. The summed E-state index contributed by atoms with van der Waals surface area (Å²) < 4.78 is 0. The molecule has 0 spiro atoms. The lowest BCUT2D eigenvalue weighted by atomic mass is 10.1. The van der Waals surface area contributed by atoms with Gasteiger partial charge >= 0.3 is 5.97 Å². The molecule has 0 aromatic rings. The minimum atomic E-state index is -0.922. The third-order valence-electron chi connectivity index (χ3n) is 1.60. The molecule has 1 unspecified atom stereocenters. The molecule has 12 heavy (non-hydrogen) atoms. The molecule has 1 atom stereocenters. The molecule has 0 aromatic heterocycles. The maximum atomic E-state index is 10.5. The SMILES string of the molecule is C=CC(O)CC/C(=C\C)C(=O)O. The summed E-state index contributed by atoms with van der Waals surface area (Å²) in [6.45, 7) is 5.06. The molecule has 0 aliphatic heterocycles. The van der Waals surface area contributed by atoms with Gasteiger partial charge in [0.25, 0.3) is 0 Å². The van der Waals surface area contributed by atoms with E-state index in [2.05, 4.69) is 6.58 Å². The van der Waals surface area contributed by atoms with Crippen LogP contribution in [0.15, 0.2) is 24.3 Å². The number of aliphatic carboxylic acids is 1. The first kappa shape index (κ1) is 10.9. The monoisotopic (exact) mass is 170 g/mol. The van der Waals surface area contributed by atoms with Crippen LogP contribution in [0.4, 0.5) is 0 Å². The molecule has 2 N–H and O–H groups in total. The van der Waals surface area contributed by atoms with Gasteiger partial charge in [-0.1, -0.05) is 12.2 Å². The van der Waals surface area contributed by atoms with E-state index in [1.165, 1.54) is 12.2 Å². The fourth-order valence-corrected chi connectivity index (χ4v) is 0.796. The molecule has 68 valence electrons. The standard InChI is InChI=1S/C9H14O3/c1-3-7(9(11)12)5-6-8(10)4-2/h3-4,8,10H,2,5-6H2,1H3,(H,11,12)/b7-3+. The Morgan fingerprint density at radius 2 is 2.25 bits per heavy atom. The fourth-order valence-electron chi connectivity index (χ4n) is 0.796. The number of aliphatic hydroxyl groups excluding tert-OH is 1. The lowest BCUT2D eigenvalue weighted by Crippen LogP contribution is -2.06. The first-order valence-corrected chi connectivity index (χ1v) is 3.81. The molecule has 3 nitrogen and oxygen atoms in total. The molecule has 0 aromatic carbocycles. The van der Waals surface area contributed by atoms with E-state index < -0.39 is 12.1 Å². The summed E-state index contributed by atoms with van der Waals surface area (Å²) in [6.07, 6.45) is 3.11. The Labute approximate surface area is 72.0 Å². The molecule has 0 aliphatic rings. The number of hydrogen-bond donors (Lipinski definition) is 2. The Morgan fingerprint density at radius 1 is 1.67 bits per heavy atom. The number of aliphatic hydroxyl groups is 1. The van der Waals surface area contributed by atoms with Gasteiger partial charge in [-0.05, 0) is 19.8 Å². The van der Waals surface area contributed by atoms with E-state index in [1.807, 2.05) is 0 Å². The van der Waals surface area contributed by atoms with Crippen LogP contribution in [0.5, 0.6) is 0 Å². The van der Waals surface area contributed by atoms with Gasteiger partial charge in [-0.25, -0.2) is 4.79 Å². The van der Waals surface area contributed by atoms with Crippen molar-refractivity contribution in [3.63, 3.8) is 0 Å². The predicted molar refractivity (Wildman–Crippen MR) is 46.8 cm³/mol. The highest BCUT2D eigenvalue weighted by atomic mass is 16.4. The second kappa shape index (κ2) is 5.55. The summed E-state index contributed by atoms with van der Waals surface area (Å²) in [5.74, 6) is -0.922. The van der Waals surface area contributed by atoms with E-state index in [-0.39, 0.29) is 0 Å². The molecule has 0 radical (unpaired) electrons. The zero-order valence-corrected chi connectivity index (χ0v) is 7.16. The summed E-state index contributed by atoms with van der Waals surface area (Å²) in [6, 6.07) is 0. The van der Waals surface area contributed by atoms with Crippen LogP contribution in [0.25, 0.3) is 0 Å². The quantitative estimate of drug-likeness (QED) is 0.483. The van der Waals surface area contributed by atoms with Crippen LogP contribution >= 0.6 is 0 Å². The minimum absolute atomic E-state index is 0.330. The van der Waals surface area contributed by atoms with Gasteiger partial charge in [0.15, 0.2) is 0 Å². The van der Waals surface area contributed by atoms with Crippen LogP contribution in [0.3, 0.4) is 0 Å². The number of allylic oxidation sites excluding steroid dienone is 1. The van der Waals surface area contributed by atoms with Crippen molar-refractivity contribution in [2.45, 2.75) is 25.9 Å². The zero-order valence-electron chi connectivity index (χ0n) is 7.16. The van der Waals surface area contributed by atoms with E-state index in [0.29, 0.717) is 18.4 Å². The van der Waals surface area contributed by atoms with Crippen molar-refractivity contribution in [1.29, 1.82) is 0 Å². The highest BCUT2D eigenvalue weighted by molar-refractivity contribution is 5.86. The van der Waals surface area contributed by atoms with Crippen LogP contribution in [-0.4, -0.2) is 22.3 Å². The predicted octanol–water partition coefficient (Wildman–Crippen LogP) is 1.34. The third kappa shape index (κ3) is 3.93. The average molecular weight is 170 g/mol. The lowest BCUT2D eigenvalue weighted by Gasteiger charge is -2.04. The van der Waals surface area contributed by atoms with Crippen LogP contribution < -0.4 is 0 Å². The van der Waals surface area contributed by atoms with Crippen molar-refractivity contribution in [3.8, 4) is 0 Å². The van der Waals surface area contributed by atoms with E-state index in [1.54, 1.807) is 6.92 Å². The van der Waals surface area contributed by atoms with Crippen molar-refractivity contribution in [3.05, 3.63) is 24.3 Å². The Morgan fingerprint density at radius 3 is 2.58 bits per heavy atom. The number of rotatable bonds is 5. The van der Waals surface area contributed by atoms with Crippen LogP contribution in [0.2, 0.25) is 0 Å². The molecule has 3 heteroatoms. The Kier molecular flexibility index (Phi) is 5.04. The van der Waals surface area contributed by atoms with E-state index >= 15 is 0 Å². The Bertz CT molecular complexity index is 194. The summed E-state index contributed by atoms with van der Waals surface area (Å²) in [5.41, 5.74) is 0.330. The summed E-state index contributed by atoms with van der Waals surface area (Å²) in [4.78, 5) is 10.5. The van der Waals surface area contributed by atoms with Crippen LogP contribution in [-0.2, 0) is 4.79 Å². The third-order valence-corrected chi connectivity index (χ3v) is 1.60. The van der Waals surface area contributed by atoms with Gasteiger partial charge in [-0.15, -0.1) is 6.58 Å². The van der Waals surface area contributed by atoms with Crippen molar-refractivity contribution < 1.29 is 15.0 Å². The number of carboxylic acid groups (broad SMARTS) is 1. The van der Waals surface area contributed by atoms with Crippen LogP contribution in [0, 0.1) is 0 Å². The topological polar surface area (TPSA) is 57.5 Å². The molecule has 0 rings (SSSR count). The summed E-state index contributed by atoms with van der Waals surface area (Å²) in [5, 5.41) is 17.6. The number of carboxylic acids is 1. The highest BCUT2D eigenvalue weighted by Gasteiger charge is 2.07. The molecule has 0 heterocycles. The maximum absolute atomic E-state index is 10.5. The first-order valence-electron chi connectivity index (χ1n) is 3.81. The molecular weight excluding hydrogens is 156 g/mol. The van der Waals surface area contributed by atoms with E-state index in [9.17, 15) is 4.79 Å². The van der Waals surface area contributed by atoms with Gasteiger partial charge in [0.05, 0.1) is 6.10 Å². The van der Waals surface area contributed by atoms with Crippen molar-refractivity contribution in [1.82, 2.24) is 0 Å². The van der Waals surface area contributed by atoms with Crippen molar-refractivity contribution >= 4 is 5.97 Å². The molecular formula is C9H14O3. The van der Waals surface area contributed by atoms with Gasteiger partial charge in [-0.2, -0.15) is 0 Å². The normalized spacial score (nSPS) is 14.0. The highest BCUT2D eigenvalue weighted by Crippen LogP contribution is 2.08. The smallest absolute Gasteiger partial charge is 0.331 e. The number of carbonyl (C=O) groups is 1. The van der Waals surface area contributed by atoms with E-state index in [0.717, 1.165) is 0 Å². The molecule has 0 fully saturated rings. The zero-order chi connectivity index (χ0) is 9.56. The molecule has 0 bridgehead atoms. The van der Waals surface area contributed by atoms with Gasteiger partial charge in [0.1, 0.15) is 0 Å². The Hall–Kier alpha value is -1.09. The lowest BCUT2D eigenvalue weighted by molar-refractivity contribution is -0.132. The summed E-state index contributed by atoms with van der Waals surface area (Å²) >= 11 is 0. The molecule has 0 amide bonds. The van der Waals surface area contributed by atoms with Crippen LogP contribution in [0.1, 0.15) is 19.8 Å². The van der Waals surface area contributed by atoms with Gasteiger partial charge in [0, 0.05) is 5.57 Å². The molecule has 0 saturated carbocycles. The first-order chi connectivity index (χ1) is 5.61. The van der Waals surface area contributed by atoms with Gasteiger partial charge in [-0.3, -0.25) is 0 Å². The fraction of sp³-hybridized carbons (Fsp3) is 0.444. The summed E-state index contributed by atoms with van der Waals surface area (Å²) in [7, 11) is 0. The number of hydrogen-bond acceptors (Lipinski definition) is 2. The van der Waals surface area contributed by atoms with Gasteiger partial charge < -0.3 is 10.2 Å². The largest absolute Gasteiger partial charge is 0.478 e. The van der Waals surface area contributed by atoms with Crippen molar-refractivity contribution in [2.75, 3.05) is 0 Å². The molecule has 0 aliphatic carbocycles. The Balaban J connectivity index is 3.90. The maximum Gasteiger partial charge on any atom is 0.331 e. The second-order valence-corrected chi connectivity index (χ2v) is 2.46. The second-order valence-electron chi connectivity index (χ2n) is 2.46. The molecule has 0 saturated heterocycles. The van der Waals surface area contributed by atoms with E-state index in [4.69, 9.17) is 10.2 Å². The van der Waals surface area contributed by atoms with Crippen molar-refractivity contribution in [2.24, 2.45) is 0 Å². The van der Waals surface area contributed by atoms with Gasteiger partial charge in [0.2, 0.25) is 0 Å². The minimum Gasteiger partial charge on any atom is -0.478 e.